The zero-order valence-corrected chi connectivity index (χ0v) is 20.1. The van der Waals surface area contributed by atoms with E-state index >= 15 is 0 Å². The van der Waals surface area contributed by atoms with Crippen molar-refractivity contribution in [3.8, 4) is 22.5 Å². The highest BCUT2D eigenvalue weighted by Crippen LogP contribution is 2.34. The first-order valence-corrected chi connectivity index (χ1v) is 11.9. The molecule has 0 spiro atoms. The van der Waals surface area contributed by atoms with Crippen LogP contribution in [0.3, 0.4) is 0 Å². The first-order valence-electron chi connectivity index (χ1n) is 10.3. The molecule has 1 aliphatic rings. The van der Waals surface area contributed by atoms with Gasteiger partial charge in [0.25, 0.3) is 0 Å². The molecular formula is C27H17Br2N3. The fourth-order valence-electron chi connectivity index (χ4n) is 4.10. The summed E-state index contributed by atoms with van der Waals surface area (Å²) < 4.78 is 2.14. The third kappa shape index (κ3) is 3.61. The minimum atomic E-state index is 0.868. The van der Waals surface area contributed by atoms with E-state index in [-0.39, 0.29) is 0 Å². The summed E-state index contributed by atoms with van der Waals surface area (Å²) in [5, 5.41) is 0. The van der Waals surface area contributed by atoms with Crippen molar-refractivity contribution in [3.63, 3.8) is 0 Å². The largest absolute Gasteiger partial charge is 0.338 e. The van der Waals surface area contributed by atoms with Crippen molar-refractivity contribution in [3.05, 3.63) is 105 Å². The van der Waals surface area contributed by atoms with Gasteiger partial charge in [0.05, 0.1) is 22.4 Å². The van der Waals surface area contributed by atoms with Crippen LogP contribution in [0.1, 0.15) is 11.1 Å². The maximum absolute atomic E-state index is 4.93. The van der Waals surface area contributed by atoms with Crippen molar-refractivity contribution in [2.24, 2.45) is 4.99 Å². The minimum Gasteiger partial charge on any atom is -0.338 e. The Labute approximate surface area is 202 Å². The fraction of sp³-hybridized carbons (Fsp3) is 0.0370. The van der Waals surface area contributed by atoms with Gasteiger partial charge >= 0.3 is 0 Å². The fourth-order valence-corrected chi connectivity index (χ4v) is 4.63. The second kappa shape index (κ2) is 7.84. The molecule has 0 fully saturated rings. The molecule has 32 heavy (non-hydrogen) atoms. The molecule has 154 valence electrons. The summed E-state index contributed by atoms with van der Waals surface area (Å²) in [6, 6.07) is 29.5. The Morgan fingerprint density at radius 3 is 2.03 bits per heavy atom. The van der Waals surface area contributed by atoms with Gasteiger partial charge in [0, 0.05) is 20.9 Å². The van der Waals surface area contributed by atoms with Crippen LogP contribution in [0.5, 0.6) is 0 Å². The summed E-state index contributed by atoms with van der Waals surface area (Å²) in [5.74, 6) is 0.877. The third-order valence-corrected chi connectivity index (χ3v) is 6.87. The van der Waals surface area contributed by atoms with Crippen LogP contribution in [0.15, 0.2) is 98.9 Å². The third-order valence-electron chi connectivity index (χ3n) is 5.81. The number of imidazole rings is 1. The van der Waals surface area contributed by atoms with Crippen molar-refractivity contribution >= 4 is 54.3 Å². The summed E-state index contributed by atoms with van der Waals surface area (Å²) in [5.41, 5.74) is 9.98. The Morgan fingerprint density at radius 1 is 0.656 bits per heavy atom. The molecule has 0 bridgehead atoms. The van der Waals surface area contributed by atoms with E-state index in [0.29, 0.717) is 0 Å². The Balaban J connectivity index is 1.34. The van der Waals surface area contributed by atoms with Crippen LogP contribution in [0.2, 0.25) is 0 Å². The van der Waals surface area contributed by atoms with Gasteiger partial charge in [-0.05, 0) is 64.7 Å². The van der Waals surface area contributed by atoms with E-state index in [1.54, 1.807) is 0 Å². The van der Waals surface area contributed by atoms with Gasteiger partial charge in [-0.25, -0.2) is 4.98 Å². The predicted molar refractivity (Wildman–Crippen MR) is 139 cm³/mol. The van der Waals surface area contributed by atoms with E-state index in [9.17, 15) is 0 Å². The number of hydrogen-bond donors (Lipinski definition) is 1. The highest BCUT2D eigenvalue weighted by atomic mass is 79.9. The predicted octanol–water partition coefficient (Wildman–Crippen LogP) is 8.10. The minimum absolute atomic E-state index is 0.868. The van der Waals surface area contributed by atoms with Crippen LogP contribution in [0, 0.1) is 0 Å². The van der Waals surface area contributed by atoms with E-state index in [0.717, 1.165) is 60.3 Å². The molecule has 3 nitrogen and oxygen atoms in total. The molecule has 6 rings (SSSR count). The van der Waals surface area contributed by atoms with Gasteiger partial charge in [-0.2, -0.15) is 0 Å². The normalized spacial score (nSPS) is 12.8. The topological polar surface area (TPSA) is 41.0 Å². The van der Waals surface area contributed by atoms with Gasteiger partial charge in [-0.1, -0.05) is 74.3 Å². The second-order valence-corrected chi connectivity index (χ2v) is 9.74. The number of aromatic nitrogens is 2. The molecule has 0 aliphatic carbocycles. The average Bonchev–Trinajstić information content (AvgIpc) is 3.43. The molecule has 0 radical (unpaired) electrons. The highest BCUT2D eigenvalue weighted by Gasteiger charge is 2.17. The number of fused-ring (bicyclic) bond motifs is 2. The lowest BCUT2D eigenvalue weighted by Gasteiger charge is -2.04. The number of aromatic amines is 1. The lowest BCUT2D eigenvalue weighted by molar-refractivity contribution is 1.33. The van der Waals surface area contributed by atoms with Crippen LogP contribution >= 0.6 is 31.9 Å². The molecular weight excluding hydrogens is 526 g/mol. The van der Waals surface area contributed by atoms with Crippen LogP contribution < -0.4 is 0 Å². The first kappa shape index (κ1) is 19.6. The highest BCUT2D eigenvalue weighted by molar-refractivity contribution is 9.10. The number of H-pyrrole nitrogens is 1. The molecule has 0 saturated carbocycles. The van der Waals surface area contributed by atoms with Gasteiger partial charge < -0.3 is 4.98 Å². The molecule has 1 aromatic heterocycles. The number of benzene rings is 4. The molecule has 5 heteroatoms. The van der Waals surface area contributed by atoms with Crippen LogP contribution in [0.25, 0.3) is 33.5 Å². The van der Waals surface area contributed by atoms with Crippen molar-refractivity contribution in [2.75, 3.05) is 0 Å². The number of aliphatic imine (C=N–C) groups is 1. The molecule has 0 unspecified atom stereocenters. The maximum atomic E-state index is 4.93. The van der Waals surface area contributed by atoms with Crippen LogP contribution in [-0.2, 0) is 6.42 Å². The van der Waals surface area contributed by atoms with E-state index in [2.05, 4.69) is 110 Å². The molecule has 4 aromatic carbocycles. The SMILES string of the molecule is Brc1ccc(C2=Nc3cc(-c4ccc5nc(-c6ccc(Br)cc6)[nH]c5c4)ccc3C2)cc1. The van der Waals surface area contributed by atoms with Gasteiger partial charge in [0.15, 0.2) is 0 Å². The first-order chi connectivity index (χ1) is 15.6. The molecule has 2 heterocycles. The standard InChI is InChI=1S/C27H17Br2N3/c28-21-8-3-16(4-9-21)24-15-20-2-1-18(13-25(20)30-24)19-7-12-23-26(14-19)32-27(31-23)17-5-10-22(29)11-6-17/h1-14H,15H2,(H,31,32). The van der Waals surface area contributed by atoms with E-state index in [1.165, 1.54) is 11.1 Å². The zero-order valence-electron chi connectivity index (χ0n) is 16.9. The number of nitrogens with one attached hydrogen (secondary N) is 1. The monoisotopic (exact) mass is 541 g/mol. The van der Waals surface area contributed by atoms with Crippen LogP contribution in [0.4, 0.5) is 5.69 Å². The average molecular weight is 543 g/mol. The number of halogens is 2. The lowest BCUT2D eigenvalue weighted by Crippen LogP contribution is -1.99. The van der Waals surface area contributed by atoms with Crippen molar-refractivity contribution in [2.45, 2.75) is 6.42 Å². The molecule has 5 aromatic rings. The summed E-state index contributed by atoms with van der Waals surface area (Å²) in [4.78, 5) is 13.2. The van der Waals surface area contributed by atoms with Crippen molar-refractivity contribution < 1.29 is 0 Å². The van der Waals surface area contributed by atoms with E-state index < -0.39 is 0 Å². The molecule has 0 amide bonds. The van der Waals surface area contributed by atoms with Crippen molar-refractivity contribution in [1.82, 2.24) is 9.97 Å². The summed E-state index contributed by atoms with van der Waals surface area (Å²) in [6.07, 6.45) is 0.868. The number of hydrogen-bond acceptors (Lipinski definition) is 2. The summed E-state index contributed by atoms with van der Waals surface area (Å²) in [6.45, 7) is 0. The Morgan fingerprint density at radius 2 is 1.28 bits per heavy atom. The summed E-state index contributed by atoms with van der Waals surface area (Å²) in [7, 11) is 0. The summed E-state index contributed by atoms with van der Waals surface area (Å²) >= 11 is 6.99. The molecule has 0 saturated heterocycles. The Hall–Kier alpha value is -3.02. The Kier molecular flexibility index (Phi) is 4.81. The zero-order chi connectivity index (χ0) is 21.7. The van der Waals surface area contributed by atoms with Crippen molar-refractivity contribution in [1.29, 1.82) is 0 Å². The Bertz CT molecular complexity index is 1500. The van der Waals surface area contributed by atoms with E-state index in [4.69, 9.17) is 9.98 Å². The van der Waals surface area contributed by atoms with Gasteiger partial charge in [-0.15, -0.1) is 0 Å². The molecule has 1 N–H and O–H groups in total. The molecule has 0 atom stereocenters. The smallest absolute Gasteiger partial charge is 0.138 e. The lowest BCUT2D eigenvalue weighted by atomic mass is 10.00. The van der Waals surface area contributed by atoms with Gasteiger partial charge in [0.2, 0.25) is 0 Å². The van der Waals surface area contributed by atoms with Crippen LogP contribution in [-0.4, -0.2) is 15.7 Å². The van der Waals surface area contributed by atoms with Gasteiger partial charge in [0.1, 0.15) is 5.82 Å². The van der Waals surface area contributed by atoms with E-state index in [1.807, 2.05) is 12.1 Å². The molecule has 1 aliphatic heterocycles. The number of nitrogens with zero attached hydrogens (tertiary/aromatic N) is 2. The maximum Gasteiger partial charge on any atom is 0.138 e. The quantitative estimate of drug-likeness (QED) is 0.246. The number of rotatable bonds is 3. The van der Waals surface area contributed by atoms with Gasteiger partial charge in [-0.3, -0.25) is 4.99 Å². The second-order valence-electron chi connectivity index (χ2n) is 7.91.